The highest BCUT2D eigenvalue weighted by Crippen LogP contribution is 2.46. The van der Waals surface area contributed by atoms with E-state index in [1.807, 2.05) is 0 Å². The zero-order chi connectivity index (χ0) is 19.5. The van der Waals surface area contributed by atoms with E-state index in [0.717, 1.165) is 0 Å². The SMILES string of the molecule is COc1cccc2cc3c(c(O)c12)C(=O)C1=C(C[C@@](O)([C@H](C)O)CC1)C3=O. The number of ketones is 2. The van der Waals surface area contributed by atoms with Crippen LogP contribution < -0.4 is 4.74 Å². The number of methoxy groups -OCH3 is 1. The van der Waals surface area contributed by atoms with Gasteiger partial charge < -0.3 is 20.1 Å². The number of hydrogen-bond acceptors (Lipinski definition) is 6. The summed E-state index contributed by atoms with van der Waals surface area (Å²) < 4.78 is 5.29. The molecule has 0 heterocycles. The quantitative estimate of drug-likeness (QED) is 0.752. The average molecular weight is 368 g/mol. The second-order valence-corrected chi connectivity index (χ2v) is 7.28. The molecule has 27 heavy (non-hydrogen) atoms. The number of rotatable bonds is 2. The van der Waals surface area contributed by atoms with Gasteiger partial charge in [-0.3, -0.25) is 9.59 Å². The van der Waals surface area contributed by atoms with Crippen LogP contribution >= 0.6 is 0 Å². The van der Waals surface area contributed by atoms with Gasteiger partial charge in [-0.05, 0) is 37.3 Å². The number of aliphatic hydroxyl groups is 2. The Hall–Kier alpha value is -2.70. The van der Waals surface area contributed by atoms with E-state index in [0.29, 0.717) is 22.1 Å². The van der Waals surface area contributed by atoms with Crippen molar-refractivity contribution in [2.24, 2.45) is 0 Å². The number of carbonyl (C=O) groups excluding carboxylic acids is 2. The number of allylic oxidation sites excluding steroid dienone is 1. The minimum Gasteiger partial charge on any atom is -0.506 e. The highest BCUT2D eigenvalue weighted by molar-refractivity contribution is 6.30. The molecule has 2 aliphatic carbocycles. The van der Waals surface area contributed by atoms with E-state index in [2.05, 4.69) is 0 Å². The van der Waals surface area contributed by atoms with Gasteiger partial charge in [0.15, 0.2) is 11.6 Å². The first-order chi connectivity index (χ1) is 12.8. The Morgan fingerprint density at radius 2 is 1.93 bits per heavy atom. The van der Waals surface area contributed by atoms with Crippen molar-refractivity contribution in [3.05, 3.63) is 46.5 Å². The Labute approximate surface area is 155 Å². The molecule has 0 aromatic heterocycles. The maximum absolute atomic E-state index is 13.1. The maximum atomic E-state index is 13.1. The summed E-state index contributed by atoms with van der Waals surface area (Å²) >= 11 is 0. The second-order valence-electron chi connectivity index (χ2n) is 7.28. The lowest BCUT2D eigenvalue weighted by Crippen LogP contribution is -2.45. The van der Waals surface area contributed by atoms with Gasteiger partial charge in [-0.15, -0.1) is 0 Å². The van der Waals surface area contributed by atoms with Crippen LogP contribution in [0.25, 0.3) is 10.8 Å². The topological polar surface area (TPSA) is 104 Å². The number of aliphatic hydroxyl groups excluding tert-OH is 1. The lowest BCUT2D eigenvalue weighted by molar-refractivity contribution is -0.0736. The molecule has 0 bridgehead atoms. The van der Waals surface area contributed by atoms with E-state index in [1.165, 1.54) is 14.0 Å². The second kappa shape index (κ2) is 5.90. The minimum atomic E-state index is -1.44. The Bertz CT molecular complexity index is 1030. The Morgan fingerprint density at radius 1 is 1.19 bits per heavy atom. The summed E-state index contributed by atoms with van der Waals surface area (Å²) in [4.78, 5) is 26.2. The number of hydrogen-bond donors (Lipinski definition) is 3. The van der Waals surface area contributed by atoms with Gasteiger partial charge in [-0.25, -0.2) is 0 Å². The smallest absolute Gasteiger partial charge is 0.193 e. The summed E-state index contributed by atoms with van der Waals surface area (Å²) in [5, 5.41) is 32.3. The summed E-state index contributed by atoms with van der Waals surface area (Å²) in [6.45, 7) is 1.47. The fourth-order valence-electron chi connectivity index (χ4n) is 4.11. The van der Waals surface area contributed by atoms with Crippen LogP contribution in [0, 0.1) is 0 Å². The summed E-state index contributed by atoms with van der Waals surface area (Å²) in [6, 6.07) is 6.72. The van der Waals surface area contributed by atoms with Gasteiger partial charge in [0.25, 0.3) is 0 Å². The van der Waals surface area contributed by atoms with E-state index in [4.69, 9.17) is 4.74 Å². The van der Waals surface area contributed by atoms with Gasteiger partial charge in [-0.1, -0.05) is 12.1 Å². The number of phenols is 1. The molecule has 0 fully saturated rings. The van der Waals surface area contributed by atoms with Gasteiger partial charge in [0.1, 0.15) is 11.5 Å². The summed E-state index contributed by atoms with van der Waals surface area (Å²) in [5.74, 6) is -0.642. The first kappa shape index (κ1) is 17.7. The Balaban J connectivity index is 1.94. The molecule has 0 spiro atoms. The zero-order valence-corrected chi connectivity index (χ0v) is 15.1. The highest BCUT2D eigenvalue weighted by Gasteiger charge is 2.45. The lowest BCUT2D eigenvalue weighted by atomic mass is 9.70. The Morgan fingerprint density at radius 3 is 2.59 bits per heavy atom. The van der Waals surface area contributed by atoms with Crippen molar-refractivity contribution in [2.45, 2.75) is 37.9 Å². The normalized spacial score (nSPS) is 23.3. The van der Waals surface area contributed by atoms with Crippen LogP contribution in [-0.2, 0) is 0 Å². The van der Waals surface area contributed by atoms with Crippen LogP contribution in [0.1, 0.15) is 46.9 Å². The summed E-state index contributed by atoms with van der Waals surface area (Å²) in [5.41, 5.74) is -0.801. The van der Waals surface area contributed by atoms with Crippen LogP contribution in [-0.4, -0.2) is 45.7 Å². The van der Waals surface area contributed by atoms with E-state index >= 15 is 0 Å². The lowest BCUT2D eigenvalue weighted by Gasteiger charge is -2.38. The monoisotopic (exact) mass is 368 g/mol. The van der Waals surface area contributed by atoms with Crippen LogP contribution in [0.15, 0.2) is 35.4 Å². The fraction of sp³-hybridized carbons (Fsp3) is 0.333. The highest BCUT2D eigenvalue weighted by atomic mass is 16.5. The first-order valence-electron chi connectivity index (χ1n) is 8.83. The summed E-state index contributed by atoms with van der Waals surface area (Å²) in [6.07, 6.45) is -0.759. The van der Waals surface area contributed by atoms with Gasteiger partial charge >= 0.3 is 0 Å². The first-order valence-corrected chi connectivity index (χ1v) is 8.83. The van der Waals surface area contributed by atoms with Crippen molar-refractivity contribution in [3.63, 3.8) is 0 Å². The number of Topliss-reactive ketones (excluding diaryl/α,β-unsaturated/α-hetero) is 2. The molecule has 140 valence electrons. The molecule has 3 N–H and O–H groups in total. The number of benzene rings is 2. The van der Waals surface area contributed by atoms with Gasteiger partial charge in [0.2, 0.25) is 0 Å². The molecule has 2 aromatic rings. The number of carbonyl (C=O) groups is 2. The van der Waals surface area contributed by atoms with Crippen molar-refractivity contribution in [3.8, 4) is 11.5 Å². The molecule has 6 nitrogen and oxygen atoms in total. The van der Waals surface area contributed by atoms with Gasteiger partial charge in [-0.2, -0.15) is 0 Å². The molecule has 0 aliphatic heterocycles. The van der Waals surface area contributed by atoms with E-state index in [-0.39, 0.29) is 41.7 Å². The third kappa shape index (κ3) is 2.40. The molecule has 4 rings (SSSR count). The van der Waals surface area contributed by atoms with Crippen LogP contribution in [0.2, 0.25) is 0 Å². The number of phenolic OH excluding ortho intramolecular Hbond substituents is 1. The minimum absolute atomic E-state index is 0.0155. The van der Waals surface area contributed by atoms with E-state index < -0.39 is 23.3 Å². The maximum Gasteiger partial charge on any atom is 0.193 e. The third-order valence-electron chi connectivity index (χ3n) is 5.77. The summed E-state index contributed by atoms with van der Waals surface area (Å²) in [7, 11) is 1.47. The van der Waals surface area contributed by atoms with Crippen molar-refractivity contribution in [1.29, 1.82) is 0 Å². The predicted molar refractivity (Wildman–Crippen MR) is 98.3 cm³/mol. The molecule has 0 amide bonds. The fourth-order valence-corrected chi connectivity index (χ4v) is 4.11. The molecular formula is C21H20O6. The molecule has 2 aliphatic rings. The molecule has 6 heteroatoms. The molecule has 0 radical (unpaired) electrons. The van der Waals surface area contributed by atoms with Crippen molar-refractivity contribution < 1.29 is 29.6 Å². The largest absolute Gasteiger partial charge is 0.506 e. The number of aromatic hydroxyl groups is 1. The number of ether oxygens (including phenoxy) is 1. The Kier molecular flexibility index (Phi) is 3.87. The van der Waals surface area contributed by atoms with Gasteiger partial charge in [0.05, 0.1) is 29.8 Å². The number of fused-ring (bicyclic) bond motifs is 2. The third-order valence-corrected chi connectivity index (χ3v) is 5.77. The van der Waals surface area contributed by atoms with Crippen LogP contribution in [0.3, 0.4) is 0 Å². The molecule has 0 saturated heterocycles. The average Bonchev–Trinajstić information content (AvgIpc) is 2.65. The molecule has 0 unspecified atom stereocenters. The van der Waals surface area contributed by atoms with Crippen molar-refractivity contribution >= 4 is 22.3 Å². The molecule has 0 saturated carbocycles. The molecule has 2 atom stereocenters. The van der Waals surface area contributed by atoms with Crippen molar-refractivity contribution in [1.82, 2.24) is 0 Å². The van der Waals surface area contributed by atoms with E-state index in [1.54, 1.807) is 24.3 Å². The van der Waals surface area contributed by atoms with Crippen molar-refractivity contribution in [2.75, 3.05) is 7.11 Å². The van der Waals surface area contributed by atoms with Crippen LogP contribution in [0.5, 0.6) is 11.5 Å². The molecular weight excluding hydrogens is 348 g/mol. The van der Waals surface area contributed by atoms with E-state index in [9.17, 15) is 24.9 Å². The molecule has 2 aromatic carbocycles. The predicted octanol–water partition coefficient (Wildman–Crippen LogP) is 2.53. The zero-order valence-electron chi connectivity index (χ0n) is 15.1. The van der Waals surface area contributed by atoms with Crippen LogP contribution in [0.4, 0.5) is 0 Å². The van der Waals surface area contributed by atoms with Gasteiger partial charge in [0, 0.05) is 23.1 Å². The standard InChI is InChI=1S/C21H20O6/c1-10(22)21(26)7-6-12-14(9-21)18(23)13-8-11-4-3-5-15(27-2)16(11)20(25)17(13)19(12)24/h3-5,8,10,22,25-26H,6-7,9H2,1-2H3/t10-,21+/m0/s1.